The van der Waals surface area contributed by atoms with Gasteiger partial charge in [-0.3, -0.25) is 0 Å². The predicted octanol–water partition coefficient (Wildman–Crippen LogP) is 3.13. The second-order valence-electron chi connectivity index (χ2n) is 4.63. The molecule has 0 amide bonds. The van der Waals surface area contributed by atoms with E-state index in [2.05, 4.69) is 9.97 Å². The van der Waals surface area contributed by atoms with Gasteiger partial charge in [0.05, 0.1) is 16.6 Å². The van der Waals surface area contributed by atoms with E-state index in [-0.39, 0.29) is 12.0 Å². The van der Waals surface area contributed by atoms with Crippen molar-refractivity contribution in [2.24, 2.45) is 0 Å². The first-order valence-electron chi connectivity index (χ1n) is 6.19. The standard InChI is InChI=1S/C15H10F2N2O2/c16-10-3-1-8(11(17)7-10)6-14-18-12-4-2-9(15(20)21)5-13(12)19-14/h1-5,7H,6H2,(H,18,19)(H,20,21). The van der Waals surface area contributed by atoms with Crippen LogP contribution in [0.4, 0.5) is 8.78 Å². The Morgan fingerprint density at radius 3 is 2.71 bits per heavy atom. The van der Waals surface area contributed by atoms with Crippen LogP contribution in [0.1, 0.15) is 21.7 Å². The number of fused-ring (bicyclic) bond motifs is 1. The number of imidazole rings is 1. The zero-order chi connectivity index (χ0) is 15.0. The largest absolute Gasteiger partial charge is 0.478 e. The number of benzene rings is 2. The zero-order valence-electron chi connectivity index (χ0n) is 10.7. The summed E-state index contributed by atoms with van der Waals surface area (Å²) in [6.45, 7) is 0. The van der Waals surface area contributed by atoms with Crippen LogP contribution in [0, 0.1) is 11.6 Å². The SMILES string of the molecule is O=C(O)c1ccc2nc(Cc3ccc(F)cc3F)[nH]c2c1. The molecule has 2 aromatic carbocycles. The van der Waals surface area contributed by atoms with E-state index in [4.69, 9.17) is 5.11 Å². The third-order valence-corrected chi connectivity index (χ3v) is 3.15. The first-order valence-corrected chi connectivity index (χ1v) is 6.19. The number of rotatable bonds is 3. The van der Waals surface area contributed by atoms with E-state index in [0.29, 0.717) is 22.4 Å². The molecule has 0 saturated carbocycles. The maximum Gasteiger partial charge on any atom is 0.335 e. The molecule has 3 rings (SSSR count). The summed E-state index contributed by atoms with van der Waals surface area (Å²) in [4.78, 5) is 18.1. The van der Waals surface area contributed by atoms with Crippen LogP contribution in [0.5, 0.6) is 0 Å². The summed E-state index contributed by atoms with van der Waals surface area (Å²) in [6, 6.07) is 7.87. The molecule has 1 aromatic heterocycles. The van der Waals surface area contributed by atoms with Crippen LogP contribution in [-0.2, 0) is 6.42 Å². The summed E-state index contributed by atoms with van der Waals surface area (Å²) in [5.74, 6) is -1.82. The van der Waals surface area contributed by atoms with E-state index in [1.165, 1.54) is 24.3 Å². The molecule has 0 aliphatic carbocycles. The van der Waals surface area contributed by atoms with E-state index >= 15 is 0 Å². The normalized spacial score (nSPS) is 11.0. The summed E-state index contributed by atoms with van der Waals surface area (Å²) >= 11 is 0. The molecule has 0 atom stereocenters. The monoisotopic (exact) mass is 288 g/mol. The average Bonchev–Trinajstić information content (AvgIpc) is 2.83. The van der Waals surface area contributed by atoms with Gasteiger partial charge in [0.2, 0.25) is 0 Å². The Morgan fingerprint density at radius 2 is 2.00 bits per heavy atom. The number of aromatic nitrogens is 2. The zero-order valence-corrected chi connectivity index (χ0v) is 10.7. The van der Waals surface area contributed by atoms with Gasteiger partial charge < -0.3 is 10.1 Å². The maximum absolute atomic E-state index is 13.6. The summed E-state index contributed by atoms with van der Waals surface area (Å²) < 4.78 is 26.5. The highest BCUT2D eigenvalue weighted by molar-refractivity contribution is 5.92. The van der Waals surface area contributed by atoms with Crippen molar-refractivity contribution in [2.45, 2.75) is 6.42 Å². The van der Waals surface area contributed by atoms with E-state index in [1.54, 1.807) is 6.07 Å². The highest BCUT2D eigenvalue weighted by Crippen LogP contribution is 2.18. The molecule has 0 bridgehead atoms. The summed E-state index contributed by atoms with van der Waals surface area (Å²) in [5, 5.41) is 8.93. The fourth-order valence-corrected chi connectivity index (χ4v) is 2.12. The van der Waals surface area contributed by atoms with Crippen molar-refractivity contribution in [2.75, 3.05) is 0 Å². The average molecular weight is 288 g/mol. The van der Waals surface area contributed by atoms with Crippen LogP contribution in [0.15, 0.2) is 36.4 Å². The molecule has 0 saturated heterocycles. The van der Waals surface area contributed by atoms with Crippen LogP contribution in [0.3, 0.4) is 0 Å². The lowest BCUT2D eigenvalue weighted by Gasteiger charge is -2.00. The Hall–Kier alpha value is -2.76. The third-order valence-electron chi connectivity index (χ3n) is 3.15. The van der Waals surface area contributed by atoms with E-state index in [1.807, 2.05) is 0 Å². The number of halogens is 2. The third kappa shape index (κ3) is 2.60. The molecule has 106 valence electrons. The van der Waals surface area contributed by atoms with Crippen molar-refractivity contribution in [1.29, 1.82) is 0 Å². The Kier molecular flexibility index (Phi) is 3.13. The van der Waals surface area contributed by atoms with Gasteiger partial charge in [-0.1, -0.05) is 6.07 Å². The van der Waals surface area contributed by atoms with Gasteiger partial charge in [-0.05, 0) is 29.8 Å². The Bertz CT molecular complexity index is 843. The number of hydrogen-bond donors (Lipinski definition) is 2. The number of nitrogens with zero attached hydrogens (tertiary/aromatic N) is 1. The van der Waals surface area contributed by atoms with Gasteiger partial charge in [0, 0.05) is 12.5 Å². The smallest absolute Gasteiger partial charge is 0.335 e. The molecule has 21 heavy (non-hydrogen) atoms. The number of carboxylic acid groups (broad SMARTS) is 1. The molecule has 2 N–H and O–H groups in total. The first-order chi connectivity index (χ1) is 10.0. The minimum atomic E-state index is -1.03. The number of nitrogens with one attached hydrogen (secondary N) is 1. The van der Waals surface area contributed by atoms with Gasteiger partial charge in [0.25, 0.3) is 0 Å². The van der Waals surface area contributed by atoms with Gasteiger partial charge in [-0.2, -0.15) is 0 Å². The van der Waals surface area contributed by atoms with Crippen molar-refractivity contribution in [3.05, 3.63) is 65.0 Å². The molecule has 0 fully saturated rings. The summed E-state index contributed by atoms with van der Waals surface area (Å²) in [5.41, 5.74) is 1.62. The first kappa shape index (κ1) is 13.2. The Morgan fingerprint density at radius 1 is 1.19 bits per heavy atom. The van der Waals surface area contributed by atoms with Crippen molar-refractivity contribution in [3.63, 3.8) is 0 Å². The maximum atomic E-state index is 13.6. The number of aromatic carboxylic acids is 1. The molecule has 0 spiro atoms. The topological polar surface area (TPSA) is 66.0 Å². The Labute approximate surface area is 118 Å². The van der Waals surface area contributed by atoms with Crippen LogP contribution in [-0.4, -0.2) is 21.0 Å². The summed E-state index contributed by atoms with van der Waals surface area (Å²) in [7, 11) is 0. The fourth-order valence-electron chi connectivity index (χ4n) is 2.12. The quantitative estimate of drug-likeness (QED) is 0.778. The molecule has 3 aromatic rings. The van der Waals surface area contributed by atoms with Crippen LogP contribution in [0.25, 0.3) is 11.0 Å². The molecule has 4 nitrogen and oxygen atoms in total. The van der Waals surface area contributed by atoms with Crippen molar-refractivity contribution in [1.82, 2.24) is 9.97 Å². The van der Waals surface area contributed by atoms with Gasteiger partial charge in [0.15, 0.2) is 0 Å². The second kappa shape index (κ2) is 4.97. The summed E-state index contributed by atoms with van der Waals surface area (Å²) in [6.07, 6.45) is 0.170. The minimum Gasteiger partial charge on any atom is -0.478 e. The van der Waals surface area contributed by atoms with Crippen LogP contribution in [0.2, 0.25) is 0 Å². The molecule has 0 unspecified atom stereocenters. The molecular weight excluding hydrogens is 278 g/mol. The molecule has 6 heteroatoms. The Balaban J connectivity index is 1.95. The number of carboxylic acids is 1. The highest BCUT2D eigenvalue weighted by atomic mass is 19.1. The van der Waals surface area contributed by atoms with Gasteiger partial charge in [0.1, 0.15) is 17.5 Å². The lowest BCUT2D eigenvalue weighted by atomic mass is 10.1. The lowest BCUT2D eigenvalue weighted by molar-refractivity contribution is 0.0697. The molecule has 1 heterocycles. The van der Waals surface area contributed by atoms with Gasteiger partial charge in [-0.25, -0.2) is 18.6 Å². The number of hydrogen-bond acceptors (Lipinski definition) is 2. The minimum absolute atomic E-state index is 0.144. The number of aromatic amines is 1. The molecular formula is C15H10F2N2O2. The van der Waals surface area contributed by atoms with Gasteiger partial charge in [-0.15, -0.1) is 0 Å². The van der Waals surface area contributed by atoms with Crippen LogP contribution < -0.4 is 0 Å². The highest BCUT2D eigenvalue weighted by Gasteiger charge is 2.10. The molecule has 0 aliphatic rings. The van der Waals surface area contributed by atoms with E-state index in [0.717, 1.165) is 6.07 Å². The van der Waals surface area contributed by atoms with E-state index < -0.39 is 17.6 Å². The van der Waals surface area contributed by atoms with Crippen molar-refractivity contribution < 1.29 is 18.7 Å². The number of H-pyrrole nitrogens is 1. The van der Waals surface area contributed by atoms with Crippen molar-refractivity contribution in [3.8, 4) is 0 Å². The second-order valence-corrected chi connectivity index (χ2v) is 4.63. The van der Waals surface area contributed by atoms with E-state index in [9.17, 15) is 13.6 Å². The predicted molar refractivity (Wildman–Crippen MR) is 72.2 cm³/mol. The fraction of sp³-hybridized carbons (Fsp3) is 0.0667. The van der Waals surface area contributed by atoms with Gasteiger partial charge >= 0.3 is 5.97 Å². The molecule has 0 radical (unpaired) electrons. The molecule has 0 aliphatic heterocycles. The number of carbonyl (C=O) groups is 1. The lowest BCUT2D eigenvalue weighted by Crippen LogP contribution is -1.95. The van der Waals surface area contributed by atoms with Crippen molar-refractivity contribution >= 4 is 17.0 Å². The van der Waals surface area contributed by atoms with Crippen LogP contribution >= 0.6 is 0 Å².